The van der Waals surface area contributed by atoms with E-state index in [1.807, 2.05) is 30.6 Å². The first-order chi connectivity index (χ1) is 17.4. The molecule has 0 amide bonds. The molecule has 4 aromatic heterocycles. The summed E-state index contributed by atoms with van der Waals surface area (Å²) < 4.78 is 0. The molecule has 0 atom stereocenters. The van der Waals surface area contributed by atoms with Crippen molar-refractivity contribution in [3.63, 3.8) is 0 Å². The fourth-order valence-electron chi connectivity index (χ4n) is 4.45. The highest BCUT2D eigenvalue weighted by Crippen LogP contribution is 2.26. The van der Waals surface area contributed by atoms with E-state index >= 15 is 0 Å². The first kappa shape index (κ1) is 23.7. The van der Waals surface area contributed by atoms with Gasteiger partial charge in [-0.05, 0) is 39.1 Å². The van der Waals surface area contributed by atoms with Gasteiger partial charge in [-0.15, -0.1) is 0 Å². The van der Waals surface area contributed by atoms with Gasteiger partial charge in [-0.3, -0.25) is 15.1 Å². The molecule has 10 nitrogen and oxygen atoms in total. The maximum absolute atomic E-state index is 4.78. The van der Waals surface area contributed by atoms with Crippen LogP contribution in [-0.4, -0.2) is 87.1 Å². The zero-order chi connectivity index (χ0) is 25.2. The molecule has 4 aromatic rings. The number of piperazine rings is 1. The minimum absolute atomic E-state index is 0.303. The van der Waals surface area contributed by atoms with Gasteiger partial charge in [0.2, 0.25) is 0 Å². The summed E-state index contributed by atoms with van der Waals surface area (Å²) in [7, 11) is 3.92. The summed E-state index contributed by atoms with van der Waals surface area (Å²) in [6, 6.07) is 4.40. The molecule has 5 rings (SSSR count). The van der Waals surface area contributed by atoms with Gasteiger partial charge in [0.05, 0.1) is 22.4 Å². The number of fused-ring (bicyclic) bond motifs is 1. The quantitative estimate of drug-likeness (QED) is 0.357. The number of aliphatic imine (C=N–C) groups is 1. The molecule has 0 radical (unpaired) electrons. The van der Waals surface area contributed by atoms with E-state index in [0.29, 0.717) is 28.6 Å². The Morgan fingerprint density at radius 2 is 2.03 bits per heavy atom. The van der Waals surface area contributed by atoms with Crippen LogP contribution in [0.5, 0.6) is 0 Å². The number of nitrogens with zero attached hydrogens (tertiary/aromatic N) is 7. The van der Waals surface area contributed by atoms with Crippen molar-refractivity contribution in [2.45, 2.75) is 19.9 Å². The molecule has 1 aliphatic heterocycles. The highest BCUT2D eigenvalue weighted by Gasteiger charge is 2.20. The topological polar surface area (TPSA) is 114 Å². The summed E-state index contributed by atoms with van der Waals surface area (Å²) in [6.07, 6.45) is 7.41. The van der Waals surface area contributed by atoms with Crippen molar-refractivity contribution in [2.24, 2.45) is 4.99 Å². The van der Waals surface area contributed by atoms with Gasteiger partial charge in [0.1, 0.15) is 11.2 Å². The van der Waals surface area contributed by atoms with E-state index in [1.165, 1.54) is 0 Å². The highest BCUT2D eigenvalue weighted by atomic mass is 15.3. The minimum Gasteiger partial charge on any atom is -0.382 e. The van der Waals surface area contributed by atoms with Gasteiger partial charge in [-0.1, -0.05) is 6.58 Å². The van der Waals surface area contributed by atoms with Gasteiger partial charge in [-0.25, -0.2) is 9.97 Å². The van der Waals surface area contributed by atoms with Crippen LogP contribution in [0.1, 0.15) is 19.4 Å². The van der Waals surface area contributed by atoms with Crippen molar-refractivity contribution in [3.8, 4) is 11.5 Å². The number of imidazole rings is 1. The number of aromatic amines is 2. The van der Waals surface area contributed by atoms with Gasteiger partial charge >= 0.3 is 0 Å². The number of hydrogen-bond acceptors (Lipinski definition) is 8. The summed E-state index contributed by atoms with van der Waals surface area (Å²) in [4.78, 5) is 26.4. The maximum atomic E-state index is 4.78. The Kier molecular flexibility index (Phi) is 6.51. The lowest BCUT2D eigenvalue weighted by atomic mass is 10.1. The predicted molar refractivity (Wildman–Crippen MR) is 146 cm³/mol. The molecule has 1 saturated heterocycles. The third kappa shape index (κ3) is 4.72. The first-order valence-electron chi connectivity index (χ1n) is 12.2. The monoisotopic (exact) mass is 484 g/mol. The van der Waals surface area contributed by atoms with E-state index in [4.69, 9.17) is 4.98 Å². The number of anilines is 2. The lowest BCUT2D eigenvalue weighted by Crippen LogP contribution is -2.44. The van der Waals surface area contributed by atoms with Gasteiger partial charge < -0.3 is 20.1 Å². The molecule has 1 aliphatic rings. The average molecular weight is 485 g/mol. The lowest BCUT2D eigenvalue weighted by molar-refractivity contribution is 0.313. The Labute approximate surface area is 209 Å². The second kappa shape index (κ2) is 9.90. The number of rotatable bonds is 6. The van der Waals surface area contributed by atoms with E-state index in [1.54, 1.807) is 13.2 Å². The molecule has 0 saturated carbocycles. The normalized spacial score (nSPS) is 15.9. The van der Waals surface area contributed by atoms with Crippen molar-refractivity contribution >= 4 is 40.9 Å². The summed E-state index contributed by atoms with van der Waals surface area (Å²) in [6.45, 7) is 12.3. The number of nitrogens with one attached hydrogen (secondary N) is 3. The van der Waals surface area contributed by atoms with Crippen molar-refractivity contribution in [1.29, 1.82) is 0 Å². The fourth-order valence-corrected chi connectivity index (χ4v) is 4.45. The van der Waals surface area contributed by atoms with Gasteiger partial charge in [-0.2, -0.15) is 5.10 Å². The molecule has 0 aliphatic carbocycles. The third-order valence-electron chi connectivity index (χ3n) is 6.33. The summed E-state index contributed by atoms with van der Waals surface area (Å²) >= 11 is 0. The first-order valence-corrected chi connectivity index (χ1v) is 12.2. The fraction of sp³-hybridized carbons (Fsp3) is 0.346. The van der Waals surface area contributed by atoms with Gasteiger partial charge in [0, 0.05) is 68.6 Å². The Morgan fingerprint density at radius 1 is 1.22 bits per heavy atom. The average Bonchev–Trinajstić information content (AvgIpc) is 3.46. The molecular formula is C26H32N10. The predicted octanol–water partition coefficient (Wildman–Crippen LogP) is 1.63. The van der Waals surface area contributed by atoms with Crippen LogP contribution in [0, 0.1) is 0 Å². The number of likely N-dealkylation sites (N-methyl/N-ethyl adjacent to an activating group) is 1. The van der Waals surface area contributed by atoms with Crippen molar-refractivity contribution in [1.82, 2.24) is 35.0 Å². The highest BCUT2D eigenvalue weighted by molar-refractivity contribution is 6.21. The van der Waals surface area contributed by atoms with E-state index in [-0.39, 0.29) is 0 Å². The van der Waals surface area contributed by atoms with Crippen LogP contribution < -0.4 is 20.8 Å². The van der Waals surface area contributed by atoms with Crippen molar-refractivity contribution < 1.29 is 0 Å². The molecule has 0 aromatic carbocycles. The van der Waals surface area contributed by atoms with Gasteiger partial charge in [0.15, 0.2) is 11.5 Å². The van der Waals surface area contributed by atoms with Crippen LogP contribution >= 0.6 is 0 Å². The zero-order valence-corrected chi connectivity index (χ0v) is 21.2. The van der Waals surface area contributed by atoms with Crippen LogP contribution in [-0.2, 0) is 0 Å². The Hall–Kier alpha value is -4.05. The molecular weight excluding hydrogens is 452 g/mol. The number of hydrogen-bond donors (Lipinski definition) is 3. The minimum atomic E-state index is 0.303. The number of aromatic nitrogens is 6. The van der Waals surface area contributed by atoms with Crippen molar-refractivity contribution in [2.75, 3.05) is 50.5 Å². The second-order valence-corrected chi connectivity index (χ2v) is 9.38. The lowest BCUT2D eigenvalue weighted by Gasteiger charge is -2.34. The molecule has 1 fully saturated rings. The Balaban J connectivity index is 1.55. The Morgan fingerprint density at radius 3 is 2.78 bits per heavy atom. The molecule has 5 heterocycles. The molecule has 0 bridgehead atoms. The number of pyridine rings is 2. The SMILES string of the molecule is C=c1[nH]nc(-c2nc3nccc(N4CCN(C)CC4)c3[nH]2)/c1=C/C(=NC)c1cncc(NC(C)C)c1. The smallest absolute Gasteiger partial charge is 0.180 e. The summed E-state index contributed by atoms with van der Waals surface area (Å²) in [5, 5.41) is 12.4. The van der Waals surface area contributed by atoms with Crippen LogP contribution in [0.4, 0.5) is 11.4 Å². The summed E-state index contributed by atoms with van der Waals surface area (Å²) in [5.41, 5.74) is 5.99. The zero-order valence-electron chi connectivity index (χ0n) is 21.2. The summed E-state index contributed by atoms with van der Waals surface area (Å²) in [5.74, 6) is 0.639. The molecule has 3 N–H and O–H groups in total. The molecule has 10 heteroatoms. The largest absolute Gasteiger partial charge is 0.382 e. The molecule has 0 unspecified atom stereocenters. The van der Waals surface area contributed by atoms with E-state index < -0.39 is 0 Å². The van der Waals surface area contributed by atoms with Crippen molar-refractivity contribution in [3.05, 3.63) is 46.9 Å². The van der Waals surface area contributed by atoms with Gasteiger partial charge in [0.25, 0.3) is 0 Å². The number of H-pyrrole nitrogens is 2. The van der Waals surface area contributed by atoms with Crippen LogP contribution in [0.25, 0.3) is 35.3 Å². The Bertz CT molecular complexity index is 1510. The van der Waals surface area contributed by atoms with Crippen LogP contribution in [0.15, 0.2) is 35.7 Å². The maximum Gasteiger partial charge on any atom is 0.180 e. The van der Waals surface area contributed by atoms with E-state index in [2.05, 4.69) is 72.7 Å². The molecule has 186 valence electrons. The third-order valence-corrected chi connectivity index (χ3v) is 6.33. The second-order valence-electron chi connectivity index (χ2n) is 9.38. The van der Waals surface area contributed by atoms with E-state index in [9.17, 15) is 0 Å². The van der Waals surface area contributed by atoms with E-state index in [0.717, 1.165) is 59.6 Å². The molecule has 0 spiro atoms. The standard InChI is InChI=1S/C26H32N10/c1-16(2)30-19-12-18(14-28-15-19)21(27-4)13-20-17(3)33-34-23(20)26-31-24-22(6-7-29-25(24)32-26)36-10-8-35(5)9-11-36/h6-7,12-16,30,33H,3,8-11H2,1-2,4-5H3,(H,29,31,32)/b20-13+,27-21?. The molecule has 36 heavy (non-hydrogen) atoms. The van der Waals surface area contributed by atoms with Crippen LogP contribution in [0.3, 0.4) is 0 Å². The van der Waals surface area contributed by atoms with Crippen LogP contribution in [0.2, 0.25) is 0 Å².